The first-order valence-electron chi connectivity index (χ1n) is 10.8. The first-order valence-corrected chi connectivity index (χ1v) is 12.1. The summed E-state index contributed by atoms with van der Waals surface area (Å²) in [7, 11) is 0. The molecular formula is C23H27ClN4OS. The number of allylic oxidation sites excluding steroid dienone is 1. The number of benzene rings is 1. The summed E-state index contributed by atoms with van der Waals surface area (Å²) in [5.74, 6) is 3.70. The average molecular weight is 443 g/mol. The minimum absolute atomic E-state index is 0.0512. The van der Waals surface area contributed by atoms with E-state index >= 15 is 0 Å². The molecule has 0 aliphatic heterocycles. The summed E-state index contributed by atoms with van der Waals surface area (Å²) in [5.41, 5.74) is 0.994. The predicted molar refractivity (Wildman–Crippen MR) is 120 cm³/mol. The van der Waals surface area contributed by atoms with Crippen LogP contribution in [0.5, 0.6) is 0 Å². The molecule has 4 aliphatic rings. The number of hydrogen-bond acceptors (Lipinski definition) is 4. The summed E-state index contributed by atoms with van der Waals surface area (Å²) in [6, 6.07) is 7.55. The largest absolute Gasteiger partial charge is 0.350 e. The minimum atomic E-state index is 0.0512. The molecule has 0 atom stereocenters. The van der Waals surface area contributed by atoms with Crippen LogP contribution in [0.4, 0.5) is 0 Å². The second kappa shape index (κ2) is 8.04. The molecule has 2 aromatic rings. The molecule has 5 nitrogen and oxygen atoms in total. The molecule has 6 rings (SSSR count). The number of amides is 1. The van der Waals surface area contributed by atoms with E-state index in [2.05, 4.69) is 22.1 Å². The van der Waals surface area contributed by atoms with Crippen LogP contribution in [0.15, 0.2) is 42.1 Å². The van der Waals surface area contributed by atoms with Crippen LogP contribution in [0, 0.1) is 17.8 Å². The van der Waals surface area contributed by atoms with Gasteiger partial charge in [0.25, 0.3) is 0 Å². The lowest BCUT2D eigenvalue weighted by molar-refractivity contribution is -0.124. The lowest BCUT2D eigenvalue weighted by atomic mass is 9.53. The zero-order valence-electron chi connectivity index (χ0n) is 17.0. The maximum absolute atomic E-state index is 12.9. The molecule has 1 aromatic carbocycles. The van der Waals surface area contributed by atoms with E-state index in [0.717, 1.165) is 34.3 Å². The van der Waals surface area contributed by atoms with Gasteiger partial charge >= 0.3 is 0 Å². The van der Waals surface area contributed by atoms with Crippen molar-refractivity contribution in [3.05, 3.63) is 41.9 Å². The molecule has 1 amide bonds. The molecule has 1 aromatic heterocycles. The second-order valence-electron chi connectivity index (χ2n) is 9.25. The summed E-state index contributed by atoms with van der Waals surface area (Å²) >= 11 is 7.46. The van der Waals surface area contributed by atoms with Crippen molar-refractivity contribution in [1.29, 1.82) is 0 Å². The van der Waals surface area contributed by atoms with Crippen LogP contribution < -0.4 is 5.32 Å². The number of halogens is 1. The smallest absolute Gasteiger partial charge is 0.230 e. The van der Waals surface area contributed by atoms with Crippen molar-refractivity contribution in [2.75, 3.05) is 5.75 Å². The van der Waals surface area contributed by atoms with Crippen LogP contribution in [-0.2, 0) is 11.3 Å². The Hall–Kier alpha value is -1.79. The Kier molecular flexibility index (Phi) is 5.40. The first-order chi connectivity index (χ1) is 14.5. The molecule has 1 N–H and O–H groups in total. The maximum Gasteiger partial charge on any atom is 0.230 e. The van der Waals surface area contributed by atoms with Crippen LogP contribution in [0.3, 0.4) is 0 Å². The molecule has 0 spiro atoms. The Morgan fingerprint density at radius 3 is 2.40 bits per heavy atom. The number of rotatable bonds is 7. The number of nitrogens with one attached hydrogen (secondary N) is 1. The highest BCUT2D eigenvalue weighted by molar-refractivity contribution is 7.99. The van der Waals surface area contributed by atoms with E-state index in [1.165, 1.54) is 50.3 Å². The lowest BCUT2D eigenvalue weighted by Crippen LogP contribution is -2.60. The van der Waals surface area contributed by atoms with E-state index in [-0.39, 0.29) is 11.4 Å². The fourth-order valence-electron chi connectivity index (χ4n) is 6.23. The van der Waals surface area contributed by atoms with Crippen molar-refractivity contribution in [3.8, 4) is 11.4 Å². The van der Waals surface area contributed by atoms with Gasteiger partial charge in [-0.15, -0.1) is 16.8 Å². The Bertz CT molecular complexity index is 919. The SMILES string of the molecule is C=CCn1c(SCC(=O)NC23CC4CC(CC(C4)C2)C3)nnc1-c1ccc(Cl)cc1. The zero-order chi connectivity index (χ0) is 20.7. The third-order valence-electron chi connectivity index (χ3n) is 6.91. The molecular weight excluding hydrogens is 416 g/mol. The summed E-state index contributed by atoms with van der Waals surface area (Å²) in [4.78, 5) is 12.9. The van der Waals surface area contributed by atoms with Gasteiger partial charge < -0.3 is 5.32 Å². The van der Waals surface area contributed by atoms with Crippen molar-refractivity contribution in [2.45, 2.75) is 55.8 Å². The van der Waals surface area contributed by atoms with Gasteiger partial charge in [0.15, 0.2) is 11.0 Å². The van der Waals surface area contributed by atoms with Crippen molar-refractivity contribution in [3.63, 3.8) is 0 Å². The van der Waals surface area contributed by atoms with Crippen LogP contribution in [-0.4, -0.2) is 32.0 Å². The quantitative estimate of drug-likeness (QED) is 0.486. The highest BCUT2D eigenvalue weighted by atomic mass is 35.5. The van der Waals surface area contributed by atoms with Gasteiger partial charge in [-0.1, -0.05) is 29.4 Å². The Labute approximate surface area is 186 Å². The maximum atomic E-state index is 12.9. The van der Waals surface area contributed by atoms with Crippen LogP contribution in [0.25, 0.3) is 11.4 Å². The molecule has 4 saturated carbocycles. The van der Waals surface area contributed by atoms with E-state index in [9.17, 15) is 4.79 Å². The number of nitrogens with zero attached hydrogens (tertiary/aromatic N) is 3. The number of carbonyl (C=O) groups is 1. The molecule has 0 unspecified atom stereocenters. The fraction of sp³-hybridized carbons (Fsp3) is 0.522. The average Bonchev–Trinajstić information content (AvgIpc) is 3.08. The molecule has 4 fully saturated rings. The van der Waals surface area contributed by atoms with Crippen LogP contribution in [0.1, 0.15) is 38.5 Å². The van der Waals surface area contributed by atoms with Gasteiger partial charge in [-0.25, -0.2) is 0 Å². The zero-order valence-corrected chi connectivity index (χ0v) is 18.6. The highest BCUT2D eigenvalue weighted by Crippen LogP contribution is 2.55. The van der Waals surface area contributed by atoms with E-state index in [1.54, 1.807) is 0 Å². The minimum Gasteiger partial charge on any atom is -0.350 e. The Balaban J connectivity index is 1.26. The normalized spacial score (nSPS) is 29.2. The van der Waals surface area contributed by atoms with Crippen molar-refractivity contribution >= 4 is 29.3 Å². The summed E-state index contributed by atoms with van der Waals surface area (Å²) in [5, 5.41) is 13.6. The van der Waals surface area contributed by atoms with Crippen molar-refractivity contribution in [2.24, 2.45) is 17.8 Å². The van der Waals surface area contributed by atoms with Crippen molar-refractivity contribution in [1.82, 2.24) is 20.1 Å². The summed E-state index contributed by atoms with van der Waals surface area (Å²) < 4.78 is 2.00. The number of hydrogen-bond donors (Lipinski definition) is 1. The van der Waals surface area contributed by atoms with Gasteiger partial charge in [0.1, 0.15) is 0 Å². The molecule has 4 aliphatic carbocycles. The predicted octanol–water partition coefficient (Wildman–Crippen LogP) is 4.96. The van der Waals surface area contributed by atoms with Crippen LogP contribution >= 0.6 is 23.4 Å². The fourth-order valence-corrected chi connectivity index (χ4v) is 7.10. The molecule has 0 radical (unpaired) electrons. The molecule has 30 heavy (non-hydrogen) atoms. The summed E-state index contributed by atoms with van der Waals surface area (Å²) in [6.45, 7) is 4.44. The molecule has 4 bridgehead atoms. The lowest BCUT2D eigenvalue weighted by Gasteiger charge is -2.56. The number of aromatic nitrogens is 3. The van der Waals surface area contributed by atoms with E-state index in [0.29, 0.717) is 17.3 Å². The molecule has 1 heterocycles. The standard InChI is InChI=1S/C23H27ClN4OS/c1-2-7-28-21(18-3-5-19(24)6-4-18)26-27-22(28)30-14-20(29)25-23-11-15-8-16(12-23)10-17(9-15)13-23/h2-6,15-17H,1,7-14H2,(H,25,29). The third-order valence-corrected chi connectivity index (χ3v) is 8.12. The first kappa shape index (κ1) is 20.1. The number of thioether (sulfide) groups is 1. The van der Waals surface area contributed by atoms with Gasteiger partial charge in [-0.2, -0.15) is 0 Å². The van der Waals surface area contributed by atoms with E-state index < -0.39 is 0 Å². The van der Waals surface area contributed by atoms with Gasteiger partial charge in [0.2, 0.25) is 5.91 Å². The van der Waals surface area contributed by atoms with E-state index in [4.69, 9.17) is 11.6 Å². The number of carbonyl (C=O) groups excluding carboxylic acids is 1. The highest BCUT2D eigenvalue weighted by Gasteiger charge is 2.51. The molecule has 158 valence electrons. The molecule has 0 saturated heterocycles. The Morgan fingerprint density at radius 2 is 1.80 bits per heavy atom. The molecule has 7 heteroatoms. The third kappa shape index (κ3) is 3.92. The van der Waals surface area contributed by atoms with Crippen molar-refractivity contribution < 1.29 is 4.79 Å². The monoisotopic (exact) mass is 442 g/mol. The van der Waals surface area contributed by atoms with Gasteiger partial charge in [0, 0.05) is 22.7 Å². The van der Waals surface area contributed by atoms with Crippen LogP contribution in [0.2, 0.25) is 5.02 Å². The summed E-state index contributed by atoms with van der Waals surface area (Å²) in [6.07, 6.45) is 9.46. The van der Waals surface area contributed by atoms with Gasteiger partial charge in [-0.3, -0.25) is 9.36 Å². The Morgan fingerprint density at radius 1 is 1.17 bits per heavy atom. The van der Waals surface area contributed by atoms with E-state index in [1.807, 2.05) is 34.9 Å². The van der Waals surface area contributed by atoms with Gasteiger partial charge in [0.05, 0.1) is 5.75 Å². The second-order valence-corrected chi connectivity index (χ2v) is 10.6. The topological polar surface area (TPSA) is 59.8 Å². The van der Waals surface area contributed by atoms with Gasteiger partial charge in [-0.05, 0) is 80.5 Å².